The van der Waals surface area contributed by atoms with Gasteiger partial charge in [-0.1, -0.05) is 74.5 Å². The van der Waals surface area contributed by atoms with Crippen molar-refractivity contribution in [1.29, 1.82) is 0 Å². The Morgan fingerprint density at radius 2 is 1.39 bits per heavy atom. The van der Waals surface area contributed by atoms with Crippen molar-refractivity contribution in [3.63, 3.8) is 0 Å². The minimum atomic E-state index is 0.228. The molecular weight excluding hydrogens is 218 g/mol. The van der Waals surface area contributed by atoms with Crippen LogP contribution in [0.5, 0.6) is 0 Å². The lowest BCUT2D eigenvalue weighted by atomic mass is 9.97. The number of benzene rings is 2. The maximum absolute atomic E-state index is 4.74. The van der Waals surface area contributed by atoms with Crippen LogP contribution in [-0.4, -0.2) is 6.21 Å². The molecule has 0 N–H and O–H groups in total. The van der Waals surface area contributed by atoms with E-state index in [0.29, 0.717) is 5.92 Å². The monoisotopic (exact) mass is 237 g/mol. The lowest BCUT2D eigenvalue weighted by Gasteiger charge is -2.16. The van der Waals surface area contributed by atoms with Crippen LogP contribution in [0.3, 0.4) is 0 Å². The maximum atomic E-state index is 4.74. The molecule has 0 aromatic heterocycles. The Hall–Kier alpha value is -1.89. The van der Waals surface area contributed by atoms with Crippen LogP contribution in [0.1, 0.15) is 31.0 Å². The minimum Gasteiger partial charge on any atom is -0.284 e. The summed E-state index contributed by atoms with van der Waals surface area (Å²) in [6.45, 7) is 4.42. The molecule has 0 amide bonds. The molecule has 0 radical (unpaired) electrons. The molecule has 1 heteroatoms. The smallest absolute Gasteiger partial charge is 0.0772 e. The molecule has 92 valence electrons. The molecule has 0 aliphatic heterocycles. The van der Waals surface area contributed by atoms with Gasteiger partial charge in [0.2, 0.25) is 0 Å². The van der Waals surface area contributed by atoms with Gasteiger partial charge in [-0.15, -0.1) is 0 Å². The van der Waals surface area contributed by atoms with Crippen LogP contribution < -0.4 is 0 Å². The van der Waals surface area contributed by atoms with Crippen molar-refractivity contribution in [2.24, 2.45) is 10.9 Å². The van der Waals surface area contributed by atoms with Crippen LogP contribution in [0.2, 0.25) is 0 Å². The summed E-state index contributed by atoms with van der Waals surface area (Å²) in [5.74, 6) is 0.493. The molecule has 0 aliphatic carbocycles. The van der Waals surface area contributed by atoms with Gasteiger partial charge in [0.15, 0.2) is 0 Å². The van der Waals surface area contributed by atoms with Crippen LogP contribution in [0, 0.1) is 5.92 Å². The zero-order chi connectivity index (χ0) is 12.8. The third-order valence-corrected chi connectivity index (χ3v) is 2.96. The molecule has 0 fully saturated rings. The molecule has 1 nitrogen and oxygen atoms in total. The van der Waals surface area contributed by atoms with Gasteiger partial charge in [0, 0.05) is 6.21 Å². The molecule has 0 aliphatic rings. The largest absolute Gasteiger partial charge is 0.284 e. The second kappa shape index (κ2) is 6.15. The summed E-state index contributed by atoms with van der Waals surface area (Å²) in [5.41, 5.74) is 2.43. The Morgan fingerprint density at radius 1 is 0.833 bits per heavy atom. The van der Waals surface area contributed by atoms with Gasteiger partial charge >= 0.3 is 0 Å². The van der Waals surface area contributed by atoms with E-state index >= 15 is 0 Å². The second-order valence-corrected chi connectivity index (χ2v) is 4.79. The maximum Gasteiger partial charge on any atom is 0.0772 e. The van der Waals surface area contributed by atoms with Gasteiger partial charge in [-0.25, -0.2) is 0 Å². The summed E-state index contributed by atoms with van der Waals surface area (Å²) < 4.78 is 0. The highest BCUT2D eigenvalue weighted by Crippen LogP contribution is 2.25. The van der Waals surface area contributed by atoms with Crippen molar-refractivity contribution in [2.75, 3.05) is 0 Å². The number of aliphatic imine (C=N–C) groups is 1. The fourth-order valence-corrected chi connectivity index (χ4v) is 2.00. The Morgan fingerprint density at radius 3 is 1.94 bits per heavy atom. The van der Waals surface area contributed by atoms with Gasteiger partial charge < -0.3 is 0 Å². The molecule has 2 aromatic carbocycles. The molecule has 0 spiro atoms. The predicted octanol–water partition coefficient (Wildman–Crippen LogP) is 4.50. The molecule has 0 bridgehead atoms. The number of nitrogens with zero attached hydrogens (tertiary/aromatic N) is 1. The fourth-order valence-electron chi connectivity index (χ4n) is 2.00. The first-order valence-electron chi connectivity index (χ1n) is 6.40. The zero-order valence-electron chi connectivity index (χ0n) is 11.0. The first-order chi connectivity index (χ1) is 8.77. The van der Waals surface area contributed by atoms with Crippen molar-refractivity contribution in [1.82, 2.24) is 0 Å². The van der Waals surface area contributed by atoms with E-state index in [1.165, 1.54) is 5.56 Å². The highest BCUT2D eigenvalue weighted by molar-refractivity contribution is 5.79. The first-order valence-corrected chi connectivity index (χ1v) is 6.40. The van der Waals surface area contributed by atoms with Gasteiger partial charge in [-0.3, -0.25) is 4.99 Å². The minimum absolute atomic E-state index is 0.228. The Labute approximate surface area is 109 Å². The SMILES string of the molecule is CC(C)[C@H](N=Cc1ccccc1)c1ccccc1. The van der Waals surface area contributed by atoms with E-state index in [1.54, 1.807) is 0 Å². The number of hydrogen-bond acceptors (Lipinski definition) is 1. The standard InChI is InChI=1S/C17H19N/c1-14(2)17(16-11-7-4-8-12-16)18-13-15-9-5-3-6-10-15/h3-14,17H,1-2H3/t17-/m0/s1. The summed E-state index contributed by atoms with van der Waals surface area (Å²) in [6.07, 6.45) is 1.97. The molecular formula is C17H19N. The van der Waals surface area contributed by atoms with Gasteiger partial charge in [-0.2, -0.15) is 0 Å². The van der Waals surface area contributed by atoms with E-state index in [2.05, 4.69) is 50.2 Å². The van der Waals surface area contributed by atoms with Crippen LogP contribution in [0.25, 0.3) is 0 Å². The predicted molar refractivity (Wildman–Crippen MR) is 78.1 cm³/mol. The van der Waals surface area contributed by atoms with Crippen LogP contribution in [0.15, 0.2) is 65.7 Å². The highest BCUT2D eigenvalue weighted by atomic mass is 14.8. The summed E-state index contributed by atoms with van der Waals surface area (Å²) in [4.78, 5) is 4.74. The summed E-state index contributed by atoms with van der Waals surface area (Å²) in [6, 6.07) is 21.0. The summed E-state index contributed by atoms with van der Waals surface area (Å²) >= 11 is 0. The van der Waals surface area contributed by atoms with Crippen LogP contribution in [-0.2, 0) is 0 Å². The van der Waals surface area contributed by atoms with E-state index in [-0.39, 0.29) is 6.04 Å². The molecule has 1 atom stereocenters. The molecule has 0 saturated heterocycles. The number of rotatable bonds is 4. The molecule has 0 heterocycles. The van der Waals surface area contributed by atoms with Gasteiger partial charge in [0.1, 0.15) is 0 Å². The number of hydrogen-bond donors (Lipinski definition) is 0. The molecule has 18 heavy (non-hydrogen) atoms. The normalized spacial score (nSPS) is 13.1. The van der Waals surface area contributed by atoms with E-state index in [1.807, 2.05) is 30.5 Å². The van der Waals surface area contributed by atoms with Crippen molar-refractivity contribution < 1.29 is 0 Å². The molecule has 0 unspecified atom stereocenters. The Kier molecular flexibility index (Phi) is 4.30. The van der Waals surface area contributed by atoms with Crippen LogP contribution >= 0.6 is 0 Å². The average molecular weight is 237 g/mol. The lowest BCUT2D eigenvalue weighted by molar-refractivity contribution is 0.518. The van der Waals surface area contributed by atoms with Crippen molar-refractivity contribution in [2.45, 2.75) is 19.9 Å². The fraction of sp³-hybridized carbons (Fsp3) is 0.235. The van der Waals surface area contributed by atoms with Crippen molar-refractivity contribution >= 4 is 6.21 Å². The van der Waals surface area contributed by atoms with E-state index in [4.69, 9.17) is 4.99 Å². The van der Waals surface area contributed by atoms with Gasteiger partial charge in [0.05, 0.1) is 6.04 Å². The van der Waals surface area contributed by atoms with Gasteiger partial charge in [0.25, 0.3) is 0 Å². The highest BCUT2D eigenvalue weighted by Gasteiger charge is 2.12. The first kappa shape index (κ1) is 12.6. The van der Waals surface area contributed by atoms with Crippen molar-refractivity contribution in [3.8, 4) is 0 Å². The molecule has 0 saturated carbocycles. The molecule has 2 aromatic rings. The lowest BCUT2D eigenvalue weighted by Crippen LogP contribution is -2.04. The molecule has 2 rings (SSSR count). The van der Waals surface area contributed by atoms with Gasteiger partial charge in [-0.05, 0) is 17.0 Å². The Bertz CT molecular complexity index is 486. The van der Waals surface area contributed by atoms with Crippen molar-refractivity contribution in [3.05, 3.63) is 71.8 Å². The summed E-state index contributed by atoms with van der Waals surface area (Å²) in [5, 5.41) is 0. The quantitative estimate of drug-likeness (QED) is 0.694. The summed E-state index contributed by atoms with van der Waals surface area (Å²) in [7, 11) is 0. The van der Waals surface area contributed by atoms with E-state index < -0.39 is 0 Å². The third kappa shape index (κ3) is 3.30. The topological polar surface area (TPSA) is 12.4 Å². The second-order valence-electron chi connectivity index (χ2n) is 4.79. The van der Waals surface area contributed by atoms with E-state index in [9.17, 15) is 0 Å². The van der Waals surface area contributed by atoms with E-state index in [0.717, 1.165) is 5.56 Å². The zero-order valence-corrected chi connectivity index (χ0v) is 11.0. The average Bonchev–Trinajstić information content (AvgIpc) is 2.41. The third-order valence-electron chi connectivity index (χ3n) is 2.96. The van der Waals surface area contributed by atoms with Crippen LogP contribution in [0.4, 0.5) is 0 Å². The Balaban J connectivity index is 2.20.